The fourth-order valence-corrected chi connectivity index (χ4v) is 2.67. The normalized spacial score (nSPS) is 15.7. The summed E-state index contributed by atoms with van der Waals surface area (Å²) in [6.07, 6.45) is 4.41. The molecule has 3 heteroatoms. The Bertz CT molecular complexity index is 374. The fraction of sp³-hybridized carbons (Fsp3) is 0.364. The molecule has 74 valence electrons. The molecule has 0 saturated heterocycles. The van der Waals surface area contributed by atoms with Gasteiger partial charge in [-0.05, 0) is 36.8 Å². The van der Waals surface area contributed by atoms with Crippen LogP contribution in [0.3, 0.4) is 0 Å². The van der Waals surface area contributed by atoms with Crippen LogP contribution in [-0.4, -0.2) is 17.8 Å². The molecule has 14 heavy (non-hydrogen) atoms. The van der Waals surface area contributed by atoms with Gasteiger partial charge in [0.15, 0.2) is 0 Å². The van der Waals surface area contributed by atoms with E-state index >= 15 is 0 Å². The van der Waals surface area contributed by atoms with Crippen molar-refractivity contribution in [3.05, 3.63) is 33.8 Å². The second kappa shape index (κ2) is 4.49. The molecule has 1 aromatic rings. The Hall–Kier alpha value is -0.280. The summed E-state index contributed by atoms with van der Waals surface area (Å²) in [6, 6.07) is 6.49. The van der Waals surface area contributed by atoms with E-state index in [1.807, 2.05) is 0 Å². The van der Waals surface area contributed by atoms with Crippen LogP contribution in [-0.2, 0) is 6.42 Å². The van der Waals surface area contributed by atoms with Crippen molar-refractivity contribution >= 4 is 32.7 Å². The number of rotatable bonds is 0. The van der Waals surface area contributed by atoms with E-state index in [1.165, 1.54) is 22.6 Å². The molecular weight excluding hydrogens is 258 g/mol. The third kappa shape index (κ3) is 2.04. The lowest BCUT2D eigenvalue weighted by atomic mass is 10.0. The van der Waals surface area contributed by atoms with Gasteiger partial charge < -0.3 is 0 Å². The summed E-state index contributed by atoms with van der Waals surface area (Å²) in [5.74, 6) is 0. The van der Waals surface area contributed by atoms with Gasteiger partial charge in [-0.3, -0.25) is 4.99 Å². The number of hydrogen-bond donors (Lipinski definition) is 0. The number of fused-ring (bicyclic) bond motifs is 1. The van der Waals surface area contributed by atoms with E-state index in [0.29, 0.717) is 0 Å². The molecule has 0 aromatic heterocycles. The lowest BCUT2D eigenvalue weighted by molar-refractivity contribution is 0.845. The first-order chi connectivity index (χ1) is 6.81. The first-order valence-electron chi connectivity index (χ1n) is 4.68. The van der Waals surface area contributed by atoms with Gasteiger partial charge in [0.05, 0.1) is 5.04 Å². The van der Waals surface area contributed by atoms with Crippen molar-refractivity contribution in [1.82, 2.24) is 0 Å². The minimum Gasteiger partial charge on any atom is -0.278 e. The average molecular weight is 270 g/mol. The van der Waals surface area contributed by atoms with Crippen molar-refractivity contribution in [3.63, 3.8) is 0 Å². The molecule has 2 rings (SSSR count). The number of halogens is 1. The van der Waals surface area contributed by atoms with Crippen LogP contribution in [0.4, 0.5) is 0 Å². The first kappa shape index (κ1) is 10.2. The van der Waals surface area contributed by atoms with E-state index in [4.69, 9.17) is 0 Å². The summed E-state index contributed by atoms with van der Waals surface area (Å²) in [7, 11) is 0. The predicted octanol–water partition coefficient (Wildman–Crippen LogP) is 3.50. The van der Waals surface area contributed by atoms with Crippen molar-refractivity contribution in [2.75, 3.05) is 12.8 Å². The second-order valence-electron chi connectivity index (χ2n) is 3.30. The number of nitrogens with zero attached hydrogens (tertiary/aromatic N) is 1. The van der Waals surface area contributed by atoms with Crippen LogP contribution < -0.4 is 0 Å². The molecule has 0 spiro atoms. The van der Waals surface area contributed by atoms with Crippen molar-refractivity contribution in [3.8, 4) is 0 Å². The largest absolute Gasteiger partial charge is 0.278 e. The Morgan fingerprint density at radius 2 is 2.29 bits per heavy atom. The molecule has 1 nitrogen and oxygen atoms in total. The van der Waals surface area contributed by atoms with Crippen LogP contribution in [0.1, 0.15) is 17.5 Å². The van der Waals surface area contributed by atoms with Gasteiger partial charge in [0.2, 0.25) is 0 Å². The highest BCUT2D eigenvalue weighted by Gasteiger charge is 2.11. The summed E-state index contributed by atoms with van der Waals surface area (Å²) in [6.45, 7) is 0.961. The highest BCUT2D eigenvalue weighted by Crippen LogP contribution is 2.24. The zero-order chi connectivity index (χ0) is 9.97. The van der Waals surface area contributed by atoms with E-state index in [2.05, 4.69) is 45.4 Å². The Labute approximate surface area is 97.1 Å². The van der Waals surface area contributed by atoms with Crippen molar-refractivity contribution in [2.24, 2.45) is 4.99 Å². The lowest BCUT2D eigenvalue weighted by Crippen LogP contribution is -1.98. The zero-order valence-corrected chi connectivity index (χ0v) is 10.5. The third-order valence-electron chi connectivity index (χ3n) is 2.36. The van der Waals surface area contributed by atoms with Gasteiger partial charge in [0.1, 0.15) is 0 Å². The summed E-state index contributed by atoms with van der Waals surface area (Å²) < 4.78 is 1.14. The molecule has 0 atom stereocenters. The monoisotopic (exact) mass is 269 g/mol. The molecule has 1 aliphatic rings. The molecule has 0 N–H and O–H groups in total. The van der Waals surface area contributed by atoms with Crippen LogP contribution in [0.2, 0.25) is 0 Å². The number of hydrogen-bond acceptors (Lipinski definition) is 2. The van der Waals surface area contributed by atoms with Gasteiger partial charge in [-0.15, -0.1) is 11.8 Å². The molecule has 0 amide bonds. The van der Waals surface area contributed by atoms with Crippen molar-refractivity contribution < 1.29 is 0 Å². The zero-order valence-electron chi connectivity index (χ0n) is 8.09. The minimum atomic E-state index is 0.961. The molecule has 1 heterocycles. The topological polar surface area (TPSA) is 12.4 Å². The van der Waals surface area contributed by atoms with Crippen LogP contribution in [0.25, 0.3) is 0 Å². The highest BCUT2D eigenvalue weighted by molar-refractivity contribution is 9.10. The van der Waals surface area contributed by atoms with Gasteiger partial charge in [-0.2, -0.15) is 0 Å². The van der Waals surface area contributed by atoms with Gasteiger partial charge >= 0.3 is 0 Å². The summed E-state index contributed by atoms with van der Waals surface area (Å²) in [5.41, 5.74) is 2.74. The second-order valence-corrected chi connectivity index (χ2v) is 5.01. The maximum absolute atomic E-state index is 4.58. The molecule has 0 unspecified atom stereocenters. The number of aryl methyl sites for hydroxylation is 1. The van der Waals surface area contributed by atoms with Gasteiger partial charge in [-0.25, -0.2) is 0 Å². The Kier molecular flexibility index (Phi) is 3.29. The van der Waals surface area contributed by atoms with Crippen LogP contribution >= 0.6 is 27.7 Å². The van der Waals surface area contributed by atoms with E-state index in [-0.39, 0.29) is 0 Å². The van der Waals surface area contributed by atoms with Crippen LogP contribution in [0, 0.1) is 0 Å². The molecule has 0 bridgehead atoms. The van der Waals surface area contributed by atoms with Crippen molar-refractivity contribution in [2.45, 2.75) is 12.8 Å². The third-order valence-corrected chi connectivity index (χ3v) is 3.58. The van der Waals surface area contributed by atoms with E-state index in [0.717, 1.165) is 17.4 Å². The standard InChI is InChI=1S/C11H12BrNS/c1-14-11-10-7-9(12)5-4-8(10)3-2-6-13-11/h4-5,7H,2-3,6H2,1H3. The van der Waals surface area contributed by atoms with Crippen molar-refractivity contribution in [1.29, 1.82) is 0 Å². The van der Waals surface area contributed by atoms with Crippen LogP contribution in [0.5, 0.6) is 0 Å². The molecule has 0 aliphatic carbocycles. The molecule has 0 fully saturated rings. The van der Waals surface area contributed by atoms with Gasteiger partial charge in [-0.1, -0.05) is 22.0 Å². The highest BCUT2D eigenvalue weighted by atomic mass is 79.9. The summed E-state index contributed by atoms with van der Waals surface area (Å²) >= 11 is 5.25. The molecule has 0 radical (unpaired) electrons. The first-order valence-corrected chi connectivity index (χ1v) is 6.70. The number of aliphatic imine (C=N–C) groups is 1. The Morgan fingerprint density at radius 1 is 1.43 bits per heavy atom. The average Bonchev–Trinajstić information content (AvgIpc) is 2.39. The van der Waals surface area contributed by atoms with E-state index in [1.54, 1.807) is 11.8 Å². The SMILES string of the molecule is CSC1=NCCCc2ccc(Br)cc21. The molecule has 0 saturated carbocycles. The molecule has 1 aromatic carbocycles. The van der Waals surface area contributed by atoms with E-state index in [9.17, 15) is 0 Å². The van der Waals surface area contributed by atoms with E-state index < -0.39 is 0 Å². The maximum Gasteiger partial charge on any atom is 0.0977 e. The number of thioether (sulfide) groups is 1. The minimum absolute atomic E-state index is 0.961. The lowest BCUT2D eigenvalue weighted by Gasteiger charge is -2.07. The number of benzene rings is 1. The van der Waals surface area contributed by atoms with Gasteiger partial charge in [0, 0.05) is 16.6 Å². The van der Waals surface area contributed by atoms with Crippen LogP contribution in [0.15, 0.2) is 27.7 Å². The Balaban J connectivity index is 2.51. The quantitative estimate of drug-likeness (QED) is 0.702. The summed E-state index contributed by atoms with van der Waals surface area (Å²) in [5, 5.41) is 1.18. The maximum atomic E-state index is 4.58. The van der Waals surface area contributed by atoms with Gasteiger partial charge in [0.25, 0.3) is 0 Å². The predicted molar refractivity (Wildman–Crippen MR) is 67.4 cm³/mol. The molecular formula is C11H12BrNS. The molecule has 1 aliphatic heterocycles. The summed E-state index contributed by atoms with van der Waals surface area (Å²) in [4.78, 5) is 4.58. The Morgan fingerprint density at radius 3 is 3.07 bits per heavy atom. The fourth-order valence-electron chi connectivity index (χ4n) is 1.68. The smallest absolute Gasteiger partial charge is 0.0977 e.